The molecule has 0 aromatic heterocycles. The largest absolute Gasteiger partial charge is 0.482 e. The van der Waals surface area contributed by atoms with Crippen LogP contribution in [0.4, 0.5) is 0 Å². The Labute approximate surface area is 133 Å². The van der Waals surface area contributed by atoms with Crippen molar-refractivity contribution in [1.82, 2.24) is 0 Å². The summed E-state index contributed by atoms with van der Waals surface area (Å²) < 4.78 is 15.9. The normalized spacial score (nSPS) is 14.3. The number of methoxy groups -OCH3 is 1. The van der Waals surface area contributed by atoms with Crippen LogP contribution in [0.15, 0.2) is 24.3 Å². The molecule has 2 atom stereocenters. The molecule has 1 aromatic carbocycles. The maximum Gasteiger partial charge on any atom is 0.346 e. The Bertz CT molecular complexity index is 459. The summed E-state index contributed by atoms with van der Waals surface area (Å²) in [5, 5.41) is 0. The first-order valence-electron chi connectivity index (χ1n) is 7.73. The molecule has 4 heteroatoms. The van der Waals surface area contributed by atoms with Gasteiger partial charge in [-0.2, -0.15) is 0 Å². The number of carbonyl (C=O) groups excluding carboxylic acids is 1. The fourth-order valence-corrected chi connectivity index (χ4v) is 2.00. The molecule has 0 amide bonds. The van der Waals surface area contributed by atoms with Crippen LogP contribution in [0.2, 0.25) is 0 Å². The molecule has 2 unspecified atom stereocenters. The molecule has 124 valence electrons. The van der Waals surface area contributed by atoms with Gasteiger partial charge < -0.3 is 14.2 Å². The second-order valence-electron chi connectivity index (χ2n) is 6.59. The Morgan fingerprint density at radius 1 is 1.18 bits per heavy atom. The van der Waals surface area contributed by atoms with Gasteiger partial charge in [-0.3, -0.25) is 0 Å². The maximum atomic E-state index is 11.8. The Morgan fingerprint density at radius 3 is 2.23 bits per heavy atom. The van der Waals surface area contributed by atoms with Crippen molar-refractivity contribution in [3.8, 4) is 5.75 Å². The van der Waals surface area contributed by atoms with Gasteiger partial charge in [0, 0.05) is 12.5 Å². The van der Waals surface area contributed by atoms with Crippen molar-refractivity contribution in [3.63, 3.8) is 0 Å². The maximum absolute atomic E-state index is 11.8. The van der Waals surface area contributed by atoms with Crippen LogP contribution in [0, 0.1) is 5.41 Å². The van der Waals surface area contributed by atoms with Crippen molar-refractivity contribution >= 4 is 5.97 Å². The number of ether oxygens (including phenoxy) is 3. The quantitative estimate of drug-likeness (QED) is 0.561. The van der Waals surface area contributed by atoms with Crippen LogP contribution in [-0.4, -0.2) is 26.0 Å². The van der Waals surface area contributed by atoms with Gasteiger partial charge in [-0.1, -0.05) is 46.8 Å². The summed E-state index contributed by atoms with van der Waals surface area (Å²) in [6, 6.07) is 7.82. The molecule has 1 rings (SSSR count). The zero-order valence-corrected chi connectivity index (χ0v) is 14.5. The molecule has 0 heterocycles. The van der Waals surface area contributed by atoms with Gasteiger partial charge >= 0.3 is 5.97 Å². The predicted octanol–water partition coefficient (Wildman–Crippen LogP) is 4.14. The van der Waals surface area contributed by atoms with E-state index in [1.54, 1.807) is 0 Å². The van der Waals surface area contributed by atoms with Crippen LogP contribution >= 0.6 is 0 Å². The lowest BCUT2D eigenvalue weighted by Gasteiger charge is -2.28. The van der Waals surface area contributed by atoms with E-state index in [-0.39, 0.29) is 12.0 Å². The van der Waals surface area contributed by atoms with E-state index < -0.39 is 12.3 Å². The molecule has 0 bridgehead atoms. The van der Waals surface area contributed by atoms with Crippen molar-refractivity contribution < 1.29 is 19.0 Å². The number of carbonyl (C=O) groups is 1. The summed E-state index contributed by atoms with van der Waals surface area (Å²) in [4.78, 5) is 11.8. The highest BCUT2D eigenvalue weighted by Crippen LogP contribution is 2.23. The van der Waals surface area contributed by atoms with Gasteiger partial charge in [-0.25, -0.2) is 4.79 Å². The number of rotatable bonds is 7. The summed E-state index contributed by atoms with van der Waals surface area (Å²) in [5.74, 6) is 0.745. The molecule has 0 aliphatic heterocycles. The molecule has 1 aromatic rings. The van der Waals surface area contributed by atoms with Crippen molar-refractivity contribution in [2.75, 3.05) is 13.7 Å². The third-order valence-electron chi connectivity index (χ3n) is 3.58. The molecule has 0 saturated carbocycles. The Hall–Kier alpha value is -1.55. The van der Waals surface area contributed by atoms with Gasteiger partial charge in [0.15, 0.2) is 6.61 Å². The SMILES string of the molecule is CCC(C)c1ccc(OCC(=O)OC(OC)C(C)(C)C)cc1. The van der Waals surface area contributed by atoms with Gasteiger partial charge in [0.25, 0.3) is 0 Å². The van der Waals surface area contributed by atoms with Gasteiger partial charge in [0.1, 0.15) is 5.75 Å². The van der Waals surface area contributed by atoms with Crippen molar-refractivity contribution in [1.29, 1.82) is 0 Å². The summed E-state index contributed by atoms with van der Waals surface area (Å²) in [6.07, 6.45) is 0.508. The van der Waals surface area contributed by atoms with E-state index in [2.05, 4.69) is 13.8 Å². The molecular formula is C18H28O4. The molecule has 0 aliphatic rings. The van der Waals surface area contributed by atoms with E-state index >= 15 is 0 Å². The van der Waals surface area contributed by atoms with E-state index in [0.717, 1.165) is 6.42 Å². The van der Waals surface area contributed by atoms with Crippen LogP contribution < -0.4 is 4.74 Å². The zero-order chi connectivity index (χ0) is 16.8. The fraction of sp³-hybridized carbons (Fsp3) is 0.611. The lowest BCUT2D eigenvalue weighted by Crippen LogP contribution is -2.34. The summed E-state index contributed by atoms with van der Waals surface area (Å²) in [6.45, 7) is 10.1. The minimum Gasteiger partial charge on any atom is -0.482 e. The molecule has 22 heavy (non-hydrogen) atoms. The van der Waals surface area contributed by atoms with Crippen molar-refractivity contribution in [2.24, 2.45) is 5.41 Å². The first-order valence-corrected chi connectivity index (χ1v) is 7.73. The van der Waals surface area contributed by atoms with Gasteiger partial charge in [-0.15, -0.1) is 0 Å². The highest BCUT2D eigenvalue weighted by molar-refractivity contribution is 5.71. The van der Waals surface area contributed by atoms with Crippen LogP contribution in [-0.2, 0) is 14.3 Å². The van der Waals surface area contributed by atoms with Crippen molar-refractivity contribution in [2.45, 2.75) is 53.2 Å². The summed E-state index contributed by atoms with van der Waals surface area (Å²) in [5.41, 5.74) is 0.993. The van der Waals surface area contributed by atoms with Gasteiger partial charge in [0.2, 0.25) is 6.29 Å². The molecule has 0 saturated heterocycles. The average Bonchev–Trinajstić information content (AvgIpc) is 2.49. The van der Waals surface area contributed by atoms with Crippen LogP contribution in [0.5, 0.6) is 5.75 Å². The second-order valence-corrected chi connectivity index (χ2v) is 6.59. The number of esters is 1. The number of hydrogen-bond acceptors (Lipinski definition) is 4. The monoisotopic (exact) mass is 308 g/mol. The lowest BCUT2D eigenvalue weighted by molar-refractivity contribution is -0.197. The van der Waals surface area contributed by atoms with Crippen LogP contribution in [0.25, 0.3) is 0 Å². The summed E-state index contributed by atoms with van der Waals surface area (Å²) >= 11 is 0. The number of hydrogen-bond donors (Lipinski definition) is 0. The Morgan fingerprint density at radius 2 is 1.77 bits per heavy atom. The van der Waals surface area contributed by atoms with Crippen molar-refractivity contribution in [3.05, 3.63) is 29.8 Å². The smallest absolute Gasteiger partial charge is 0.346 e. The third kappa shape index (κ3) is 5.68. The second kappa shape index (κ2) is 8.18. The highest BCUT2D eigenvalue weighted by atomic mass is 16.7. The first-order chi connectivity index (χ1) is 10.3. The van der Waals surface area contributed by atoms with E-state index in [9.17, 15) is 4.79 Å². The zero-order valence-electron chi connectivity index (χ0n) is 14.5. The minimum atomic E-state index is -0.587. The highest BCUT2D eigenvalue weighted by Gasteiger charge is 2.28. The van der Waals surface area contributed by atoms with Crippen LogP contribution in [0.3, 0.4) is 0 Å². The van der Waals surface area contributed by atoms with E-state index in [4.69, 9.17) is 14.2 Å². The Balaban J connectivity index is 2.50. The predicted molar refractivity (Wildman–Crippen MR) is 87.0 cm³/mol. The van der Waals surface area contributed by atoms with E-state index in [0.29, 0.717) is 11.7 Å². The Kier molecular flexibility index (Phi) is 6.88. The summed E-state index contributed by atoms with van der Waals surface area (Å²) in [7, 11) is 1.53. The van der Waals surface area contributed by atoms with E-state index in [1.165, 1.54) is 12.7 Å². The topological polar surface area (TPSA) is 44.8 Å². The van der Waals surface area contributed by atoms with Gasteiger partial charge in [-0.05, 0) is 30.0 Å². The lowest BCUT2D eigenvalue weighted by atomic mass is 9.96. The standard InChI is InChI=1S/C18H28O4/c1-7-13(2)14-8-10-15(11-9-14)21-12-16(19)22-17(20-6)18(3,4)5/h8-11,13,17H,7,12H2,1-6H3. The first kappa shape index (κ1) is 18.5. The van der Waals surface area contributed by atoms with Gasteiger partial charge in [0.05, 0.1) is 0 Å². The van der Waals surface area contributed by atoms with E-state index in [1.807, 2.05) is 45.0 Å². The third-order valence-corrected chi connectivity index (χ3v) is 3.58. The number of benzene rings is 1. The molecule has 0 aliphatic carbocycles. The minimum absolute atomic E-state index is 0.126. The molecule has 4 nitrogen and oxygen atoms in total. The molecule has 0 radical (unpaired) electrons. The average molecular weight is 308 g/mol. The molecule has 0 N–H and O–H groups in total. The molecule has 0 fully saturated rings. The fourth-order valence-electron chi connectivity index (χ4n) is 2.00. The molecule has 0 spiro atoms. The van der Waals surface area contributed by atoms with Crippen LogP contribution in [0.1, 0.15) is 52.5 Å². The molecular weight excluding hydrogens is 280 g/mol.